The molecule has 1 rings (SSSR count). The van der Waals surface area contributed by atoms with Gasteiger partial charge in [-0.25, -0.2) is 0 Å². The second kappa shape index (κ2) is 6.90. The minimum atomic E-state index is -0.00731. The Hall–Kier alpha value is -0.870. The van der Waals surface area contributed by atoms with Crippen molar-refractivity contribution < 1.29 is 4.79 Å². The van der Waals surface area contributed by atoms with Gasteiger partial charge >= 0.3 is 0 Å². The van der Waals surface area contributed by atoms with Crippen LogP contribution in [-0.4, -0.2) is 26.5 Å². The molecule has 0 radical (unpaired) electrons. The first-order chi connectivity index (χ1) is 8.49. The Morgan fingerprint density at radius 1 is 1.39 bits per heavy atom. The third-order valence-corrected chi connectivity index (χ3v) is 3.76. The van der Waals surface area contributed by atoms with Crippen molar-refractivity contribution in [2.75, 3.05) is 25.5 Å². The minimum Gasteiger partial charge on any atom is -0.319 e. The molecule has 0 aliphatic heterocycles. The Morgan fingerprint density at radius 2 is 2.00 bits per heavy atom. The van der Waals surface area contributed by atoms with Crippen molar-refractivity contribution in [3.8, 4) is 0 Å². The van der Waals surface area contributed by atoms with Crippen molar-refractivity contribution in [2.24, 2.45) is 11.8 Å². The molecule has 0 aliphatic rings. The third-order valence-electron chi connectivity index (χ3n) is 3.09. The van der Waals surface area contributed by atoms with E-state index in [0.717, 1.165) is 10.2 Å². The highest BCUT2D eigenvalue weighted by Crippen LogP contribution is 2.26. The normalized spacial score (nSPS) is 12.6. The molecular formula is C14H21BrN2O. The molecule has 1 unspecified atom stereocenters. The first-order valence-corrected chi connectivity index (χ1v) is 6.95. The Balaban J connectivity index is 2.92. The summed E-state index contributed by atoms with van der Waals surface area (Å²) in [7, 11) is 3.70. The molecule has 1 N–H and O–H groups in total. The number of benzene rings is 1. The van der Waals surface area contributed by atoms with Crippen LogP contribution in [0.1, 0.15) is 13.8 Å². The van der Waals surface area contributed by atoms with Crippen LogP contribution in [0, 0.1) is 11.8 Å². The van der Waals surface area contributed by atoms with Crippen LogP contribution < -0.4 is 10.2 Å². The smallest absolute Gasteiger partial charge is 0.231 e. The predicted molar refractivity (Wildman–Crippen MR) is 79.8 cm³/mol. The molecule has 0 aliphatic carbocycles. The zero-order valence-electron chi connectivity index (χ0n) is 11.4. The fourth-order valence-electron chi connectivity index (χ4n) is 1.92. The fourth-order valence-corrected chi connectivity index (χ4v) is 2.47. The molecule has 0 saturated carbocycles. The van der Waals surface area contributed by atoms with Gasteiger partial charge < -0.3 is 10.2 Å². The first-order valence-electron chi connectivity index (χ1n) is 6.15. The quantitative estimate of drug-likeness (QED) is 0.906. The standard InChI is InChI=1S/C14H21BrN2O/c1-10(2)11(9-16-3)14(18)17(4)13-8-6-5-7-12(13)15/h5-8,10-11,16H,9H2,1-4H3. The topological polar surface area (TPSA) is 32.3 Å². The summed E-state index contributed by atoms with van der Waals surface area (Å²) in [5, 5.41) is 3.09. The SMILES string of the molecule is CNCC(C(=O)N(C)c1ccccc1Br)C(C)C. The van der Waals surface area contributed by atoms with Gasteiger partial charge in [-0.05, 0) is 41.0 Å². The molecular weight excluding hydrogens is 292 g/mol. The molecule has 0 aromatic heterocycles. The molecule has 1 aromatic rings. The Kier molecular flexibility index (Phi) is 5.82. The lowest BCUT2D eigenvalue weighted by molar-refractivity contribution is -0.123. The molecule has 100 valence electrons. The number of amides is 1. The molecule has 18 heavy (non-hydrogen) atoms. The van der Waals surface area contributed by atoms with Gasteiger partial charge in [-0.3, -0.25) is 4.79 Å². The van der Waals surface area contributed by atoms with Crippen LogP contribution in [0.5, 0.6) is 0 Å². The van der Waals surface area contributed by atoms with Crippen molar-refractivity contribution in [3.63, 3.8) is 0 Å². The Morgan fingerprint density at radius 3 is 2.50 bits per heavy atom. The number of nitrogens with one attached hydrogen (secondary N) is 1. The van der Waals surface area contributed by atoms with E-state index in [2.05, 4.69) is 35.1 Å². The maximum absolute atomic E-state index is 12.5. The number of carbonyl (C=O) groups is 1. The van der Waals surface area contributed by atoms with Gasteiger partial charge in [0, 0.05) is 18.1 Å². The lowest BCUT2D eigenvalue weighted by Gasteiger charge is -2.26. The van der Waals surface area contributed by atoms with E-state index >= 15 is 0 Å². The highest BCUT2D eigenvalue weighted by atomic mass is 79.9. The second-order valence-electron chi connectivity index (χ2n) is 4.76. The van der Waals surface area contributed by atoms with Gasteiger partial charge in [-0.1, -0.05) is 26.0 Å². The van der Waals surface area contributed by atoms with E-state index in [1.54, 1.807) is 4.90 Å². The molecule has 0 fully saturated rings. The summed E-state index contributed by atoms with van der Waals surface area (Å²) >= 11 is 3.48. The van der Waals surface area contributed by atoms with Crippen LogP contribution in [0.2, 0.25) is 0 Å². The largest absolute Gasteiger partial charge is 0.319 e. The number of anilines is 1. The Labute approximate surface area is 118 Å². The van der Waals surface area contributed by atoms with Crippen molar-refractivity contribution in [1.82, 2.24) is 5.32 Å². The summed E-state index contributed by atoms with van der Waals surface area (Å²) in [6.45, 7) is 4.85. The van der Waals surface area contributed by atoms with Gasteiger partial charge in [0.15, 0.2) is 0 Å². The number of rotatable bonds is 5. The monoisotopic (exact) mass is 312 g/mol. The van der Waals surface area contributed by atoms with Gasteiger partial charge in [0.1, 0.15) is 0 Å². The number of nitrogens with zero attached hydrogens (tertiary/aromatic N) is 1. The highest BCUT2D eigenvalue weighted by molar-refractivity contribution is 9.10. The molecule has 0 bridgehead atoms. The van der Waals surface area contributed by atoms with E-state index in [-0.39, 0.29) is 11.8 Å². The van der Waals surface area contributed by atoms with Gasteiger partial charge in [0.25, 0.3) is 0 Å². The molecule has 0 saturated heterocycles. The summed E-state index contributed by atoms with van der Waals surface area (Å²) in [6.07, 6.45) is 0. The molecule has 0 heterocycles. The van der Waals surface area contributed by atoms with E-state index in [1.807, 2.05) is 38.4 Å². The summed E-state index contributed by atoms with van der Waals surface area (Å²) in [5.74, 6) is 0.452. The molecule has 1 amide bonds. The van der Waals surface area contributed by atoms with Crippen LogP contribution in [0.15, 0.2) is 28.7 Å². The number of para-hydroxylation sites is 1. The van der Waals surface area contributed by atoms with Gasteiger partial charge in [0.2, 0.25) is 5.91 Å². The lowest BCUT2D eigenvalue weighted by Crippen LogP contribution is -2.40. The summed E-state index contributed by atoms with van der Waals surface area (Å²) < 4.78 is 0.938. The Bertz CT molecular complexity index is 407. The molecule has 1 atom stereocenters. The average Bonchev–Trinajstić information content (AvgIpc) is 2.34. The third kappa shape index (κ3) is 3.56. The summed E-state index contributed by atoms with van der Waals surface area (Å²) in [6, 6.07) is 7.77. The maximum Gasteiger partial charge on any atom is 0.231 e. The zero-order chi connectivity index (χ0) is 13.7. The van der Waals surface area contributed by atoms with Crippen LogP contribution in [0.25, 0.3) is 0 Å². The van der Waals surface area contributed by atoms with Crippen molar-refractivity contribution in [2.45, 2.75) is 13.8 Å². The van der Waals surface area contributed by atoms with E-state index in [1.165, 1.54) is 0 Å². The van der Waals surface area contributed by atoms with Crippen LogP contribution in [-0.2, 0) is 4.79 Å². The van der Waals surface area contributed by atoms with Crippen LogP contribution >= 0.6 is 15.9 Å². The van der Waals surface area contributed by atoms with Crippen LogP contribution in [0.3, 0.4) is 0 Å². The molecule has 1 aromatic carbocycles. The second-order valence-corrected chi connectivity index (χ2v) is 5.61. The minimum absolute atomic E-state index is 0.00731. The highest BCUT2D eigenvalue weighted by Gasteiger charge is 2.25. The van der Waals surface area contributed by atoms with E-state index in [4.69, 9.17) is 0 Å². The first kappa shape index (κ1) is 15.2. The van der Waals surface area contributed by atoms with Gasteiger partial charge in [-0.15, -0.1) is 0 Å². The summed E-state index contributed by atoms with van der Waals surface area (Å²) in [5.41, 5.74) is 0.907. The number of carbonyl (C=O) groups excluding carboxylic acids is 1. The van der Waals surface area contributed by atoms with Crippen molar-refractivity contribution in [3.05, 3.63) is 28.7 Å². The lowest BCUT2D eigenvalue weighted by atomic mass is 9.94. The van der Waals surface area contributed by atoms with Gasteiger partial charge in [-0.2, -0.15) is 0 Å². The van der Waals surface area contributed by atoms with Gasteiger partial charge in [0.05, 0.1) is 11.6 Å². The van der Waals surface area contributed by atoms with Crippen molar-refractivity contribution >= 4 is 27.5 Å². The average molecular weight is 313 g/mol. The molecule has 4 heteroatoms. The number of halogens is 1. The zero-order valence-corrected chi connectivity index (χ0v) is 13.0. The molecule has 0 spiro atoms. The van der Waals surface area contributed by atoms with E-state index in [9.17, 15) is 4.79 Å². The molecule has 3 nitrogen and oxygen atoms in total. The maximum atomic E-state index is 12.5. The number of hydrogen-bond acceptors (Lipinski definition) is 2. The van der Waals surface area contributed by atoms with Crippen LogP contribution in [0.4, 0.5) is 5.69 Å². The fraction of sp³-hybridized carbons (Fsp3) is 0.500. The summed E-state index contributed by atoms with van der Waals surface area (Å²) in [4.78, 5) is 14.2. The van der Waals surface area contributed by atoms with E-state index in [0.29, 0.717) is 12.5 Å². The van der Waals surface area contributed by atoms with Crippen molar-refractivity contribution in [1.29, 1.82) is 0 Å². The number of hydrogen-bond donors (Lipinski definition) is 1. The predicted octanol–water partition coefficient (Wildman–Crippen LogP) is 2.90. The van der Waals surface area contributed by atoms with E-state index < -0.39 is 0 Å².